The Morgan fingerprint density at radius 2 is 1.84 bits per heavy atom. The van der Waals surface area contributed by atoms with E-state index in [9.17, 15) is 4.79 Å². The highest BCUT2D eigenvalue weighted by atomic mass is 16.5. The molecular formula is C20H25N3O2. The number of anilines is 1. The number of rotatable bonds is 4. The molecule has 0 saturated carbocycles. The van der Waals surface area contributed by atoms with Crippen LogP contribution in [0.4, 0.5) is 5.82 Å². The molecule has 1 aliphatic rings. The fourth-order valence-corrected chi connectivity index (χ4v) is 3.05. The Balaban J connectivity index is 1.58. The number of ether oxygens (including phenoxy) is 1. The summed E-state index contributed by atoms with van der Waals surface area (Å²) in [6.45, 7) is 8.86. The molecule has 25 heavy (non-hydrogen) atoms. The second kappa shape index (κ2) is 7.55. The number of carbonyl (C=O) groups is 1. The first-order chi connectivity index (χ1) is 12.1. The topological polar surface area (TPSA) is 45.7 Å². The predicted octanol–water partition coefficient (Wildman–Crippen LogP) is 2.81. The van der Waals surface area contributed by atoms with Crippen LogP contribution in [0, 0.1) is 13.8 Å². The quantitative estimate of drug-likeness (QED) is 0.859. The molecule has 0 spiro atoms. The molecule has 0 N–H and O–H groups in total. The number of hydrogen-bond donors (Lipinski definition) is 0. The summed E-state index contributed by atoms with van der Waals surface area (Å²) in [5.41, 5.74) is 2.25. The van der Waals surface area contributed by atoms with Gasteiger partial charge in [0.15, 0.2) is 6.10 Å². The maximum absolute atomic E-state index is 12.7. The zero-order chi connectivity index (χ0) is 17.8. The van der Waals surface area contributed by atoms with Crippen molar-refractivity contribution in [1.29, 1.82) is 0 Å². The number of pyridine rings is 1. The molecule has 5 nitrogen and oxygen atoms in total. The van der Waals surface area contributed by atoms with Crippen molar-refractivity contribution in [2.75, 3.05) is 31.1 Å². The number of carbonyl (C=O) groups excluding carboxylic acids is 1. The van der Waals surface area contributed by atoms with Gasteiger partial charge >= 0.3 is 0 Å². The van der Waals surface area contributed by atoms with Gasteiger partial charge in [0, 0.05) is 32.4 Å². The predicted molar refractivity (Wildman–Crippen MR) is 99.0 cm³/mol. The summed E-state index contributed by atoms with van der Waals surface area (Å²) in [6.07, 6.45) is 1.31. The van der Waals surface area contributed by atoms with Gasteiger partial charge in [0.1, 0.15) is 11.6 Å². The molecule has 3 rings (SSSR count). The van der Waals surface area contributed by atoms with E-state index >= 15 is 0 Å². The molecule has 2 aromatic rings. The highest BCUT2D eigenvalue weighted by molar-refractivity contribution is 5.81. The van der Waals surface area contributed by atoms with Crippen LogP contribution in [0.3, 0.4) is 0 Å². The molecule has 1 aromatic carbocycles. The molecule has 5 heteroatoms. The molecule has 1 aromatic heterocycles. The van der Waals surface area contributed by atoms with Crippen molar-refractivity contribution in [3.05, 3.63) is 53.7 Å². The van der Waals surface area contributed by atoms with Gasteiger partial charge in [-0.15, -0.1) is 0 Å². The van der Waals surface area contributed by atoms with E-state index in [-0.39, 0.29) is 5.91 Å². The number of amides is 1. The fraction of sp³-hybridized carbons (Fsp3) is 0.400. The lowest BCUT2D eigenvalue weighted by molar-refractivity contribution is -0.138. The van der Waals surface area contributed by atoms with Gasteiger partial charge in [-0.3, -0.25) is 4.79 Å². The van der Waals surface area contributed by atoms with Crippen LogP contribution in [-0.4, -0.2) is 48.1 Å². The van der Waals surface area contributed by atoms with E-state index in [1.807, 2.05) is 62.1 Å². The summed E-state index contributed by atoms with van der Waals surface area (Å²) in [5.74, 6) is 1.80. The molecule has 0 unspecified atom stereocenters. The Kier molecular flexibility index (Phi) is 5.22. The number of nitrogens with zero attached hydrogens (tertiary/aromatic N) is 3. The van der Waals surface area contributed by atoms with E-state index in [0.29, 0.717) is 13.1 Å². The van der Waals surface area contributed by atoms with Gasteiger partial charge < -0.3 is 14.5 Å². The number of hydrogen-bond acceptors (Lipinski definition) is 4. The smallest absolute Gasteiger partial charge is 0.263 e. The lowest BCUT2D eigenvalue weighted by Gasteiger charge is -2.36. The van der Waals surface area contributed by atoms with E-state index < -0.39 is 6.10 Å². The molecule has 1 amide bonds. The van der Waals surface area contributed by atoms with E-state index in [1.54, 1.807) is 6.20 Å². The van der Waals surface area contributed by atoms with Gasteiger partial charge in [-0.25, -0.2) is 4.98 Å². The van der Waals surface area contributed by atoms with Crippen molar-refractivity contribution in [3.63, 3.8) is 0 Å². The molecule has 1 saturated heterocycles. The summed E-state index contributed by atoms with van der Waals surface area (Å²) in [5, 5.41) is 0. The summed E-state index contributed by atoms with van der Waals surface area (Å²) >= 11 is 0. The highest BCUT2D eigenvalue weighted by Crippen LogP contribution is 2.22. The zero-order valence-corrected chi connectivity index (χ0v) is 15.1. The van der Waals surface area contributed by atoms with Crippen LogP contribution in [-0.2, 0) is 4.79 Å². The monoisotopic (exact) mass is 339 g/mol. The third-order valence-corrected chi connectivity index (χ3v) is 4.77. The largest absolute Gasteiger partial charge is 0.481 e. The van der Waals surface area contributed by atoms with Crippen LogP contribution in [0.15, 0.2) is 42.6 Å². The summed E-state index contributed by atoms with van der Waals surface area (Å²) < 4.78 is 5.94. The minimum Gasteiger partial charge on any atom is -0.481 e. The molecule has 0 radical (unpaired) electrons. The number of aromatic nitrogens is 1. The minimum absolute atomic E-state index is 0.0431. The van der Waals surface area contributed by atoms with Crippen molar-refractivity contribution in [1.82, 2.24) is 9.88 Å². The lowest BCUT2D eigenvalue weighted by atomic mass is 10.1. The molecule has 0 bridgehead atoms. The Bertz CT molecular complexity index is 725. The number of piperazine rings is 1. The fourth-order valence-electron chi connectivity index (χ4n) is 3.05. The van der Waals surface area contributed by atoms with Crippen molar-refractivity contribution in [3.8, 4) is 5.75 Å². The van der Waals surface area contributed by atoms with E-state index in [0.717, 1.165) is 30.2 Å². The molecule has 1 aliphatic heterocycles. The standard InChI is InChI=1S/C20H25N3O2/c1-15-7-6-8-18(16(15)2)25-17(3)20(24)23-13-11-22(12-14-23)19-9-4-5-10-21-19/h4-10,17H,11-14H2,1-3H3/t17-/m0/s1. The minimum atomic E-state index is -0.484. The first-order valence-corrected chi connectivity index (χ1v) is 8.74. The number of aryl methyl sites for hydroxylation is 1. The average Bonchev–Trinajstić information content (AvgIpc) is 2.65. The Morgan fingerprint density at radius 1 is 1.08 bits per heavy atom. The van der Waals surface area contributed by atoms with Gasteiger partial charge in [0.2, 0.25) is 0 Å². The van der Waals surface area contributed by atoms with Gasteiger partial charge in [0.05, 0.1) is 0 Å². The molecular weight excluding hydrogens is 314 g/mol. The van der Waals surface area contributed by atoms with Gasteiger partial charge in [-0.1, -0.05) is 18.2 Å². The maximum atomic E-state index is 12.7. The van der Waals surface area contributed by atoms with Gasteiger partial charge in [-0.05, 0) is 50.1 Å². The SMILES string of the molecule is Cc1cccc(O[C@@H](C)C(=O)N2CCN(c3ccccn3)CC2)c1C. The Morgan fingerprint density at radius 3 is 2.52 bits per heavy atom. The van der Waals surface area contributed by atoms with E-state index in [1.165, 1.54) is 5.56 Å². The maximum Gasteiger partial charge on any atom is 0.263 e. The zero-order valence-electron chi connectivity index (χ0n) is 15.1. The van der Waals surface area contributed by atoms with E-state index in [2.05, 4.69) is 9.88 Å². The third kappa shape index (κ3) is 3.92. The van der Waals surface area contributed by atoms with Crippen LogP contribution in [0.2, 0.25) is 0 Å². The molecule has 132 valence electrons. The first kappa shape index (κ1) is 17.3. The van der Waals surface area contributed by atoms with Crippen LogP contribution >= 0.6 is 0 Å². The van der Waals surface area contributed by atoms with Crippen molar-refractivity contribution < 1.29 is 9.53 Å². The Labute approximate surface area is 149 Å². The molecule has 1 atom stereocenters. The van der Waals surface area contributed by atoms with E-state index in [4.69, 9.17) is 4.74 Å². The van der Waals surface area contributed by atoms with Crippen LogP contribution in [0.5, 0.6) is 5.75 Å². The third-order valence-electron chi connectivity index (χ3n) is 4.77. The molecule has 2 heterocycles. The van der Waals surface area contributed by atoms with Gasteiger partial charge in [-0.2, -0.15) is 0 Å². The van der Waals surface area contributed by atoms with Crippen molar-refractivity contribution >= 4 is 11.7 Å². The van der Waals surface area contributed by atoms with Crippen LogP contribution in [0.1, 0.15) is 18.1 Å². The normalized spacial score (nSPS) is 15.8. The molecule has 1 fully saturated rings. The second-order valence-electron chi connectivity index (χ2n) is 6.46. The van der Waals surface area contributed by atoms with Crippen molar-refractivity contribution in [2.45, 2.75) is 26.9 Å². The van der Waals surface area contributed by atoms with Gasteiger partial charge in [0.25, 0.3) is 5.91 Å². The highest BCUT2D eigenvalue weighted by Gasteiger charge is 2.26. The number of benzene rings is 1. The summed E-state index contributed by atoms with van der Waals surface area (Å²) in [4.78, 5) is 21.2. The summed E-state index contributed by atoms with van der Waals surface area (Å²) in [7, 11) is 0. The Hall–Kier alpha value is -2.56. The molecule has 0 aliphatic carbocycles. The lowest BCUT2D eigenvalue weighted by Crippen LogP contribution is -2.52. The van der Waals surface area contributed by atoms with Crippen molar-refractivity contribution in [2.24, 2.45) is 0 Å². The average molecular weight is 339 g/mol. The summed E-state index contributed by atoms with van der Waals surface area (Å²) in [6, 6.07) is 11.8. The first-order valence-electron chi connectivity index (χ1n) is 8.74. The second-order valence-corrected chi connectivity index (χ2v) is 6.46. The van der Waals surface area contributed by atoms with Crippen LogP contribution in [0.25, 0.3) is 0 Å². The van der Waals surface area contributed by atoms with Crippen LogP contribution < -0.4 is 9.64 Å².